The number of amides is 2. The number of ether oxygens (including phenoxy) is 1. The second-order valence-electron chi connectivity index (χ2n) is 6.11. The summed E-state index contributed by atoms with van der Waals surface area (Å²) in [5.74, 6) is 0.599. The summed E-state index contributed by atoms with van der Waals surface area (Å²) in [7, 11) is 0. The number of aromatic nitrogens is 3. The van der Waals surface area contributed by atoms with E-state index < -0.39 is 5.25 Å². The van der Waals surface area contributed by atoms with Crippen molar-refractivity contribution in [2.75, 3.05) is 11.5 Å². The summed E-state index contributed by atoms with van der Waals surface area (Å²) in [4.78, 5) is 31.1. The molecule has 2 heterocycles. The van der Waals surface area contributed by atoms with E-state index in [4.69, 9.17) is 4.74 Å². The largest absolute Gasteiger partial charge is 0.492 e. The van der Waals surface area contributed by atoms with Crippen LogP contribution in [0.1, 0.15) is 13.3 Å². The van der Waals surface area contributed by atoms with Crippen molar-refractivity contribution in [3.8, 4) is 17.1 Å². The molecule has 2 amide bonds. The van der Waals surface area contributed by atoms with Crippen molar-refractivity contribution in [2.45, 2.75) is 23.8 Å². The molecule has 0 unspecified atom stereocenters. The molecule has 1 aromatic heterocycles. The van der Waals surface area contributed by atoms with E-state index >= 15 is 0 Å². The van der Waals surface area contributed by atoms with Crippen LogP contribution in [0.15, 0.2) is 59.8 Å². The fourth-order valence-electron chi connectivity index (χ4n) is 3.02. The smallest absolute Gasteiger partial charge is 0.248 e. The Hall–Kier alpha value is -3.13. The number of benzene rings is 2. The van der Waals surface area contributed by atoms with Crippen LogP contribution in [-0.2, 0) is 9.59 Å². The predicted octanol–water partition coefficient (Wildman–Crippen LogP) is 3.29. The zero-order chi connectivity index (χ0) is 19.5. The van der Waals surface area contributed by atoms with Crippen LogP contribution in [0.4, 0.5) is 5.69 Å². The first-order valence-electron chi connectivity index (χ1n) is 8.90. The van der Waals surface area contributed by atoms with Gasteiger partial charge in [0.2, 0.25) is 17.0 Å². The highest BCUT2D eigenvalue weighted by molar-refractivity contribution is 8.00. The van der Waals surface area contributed by atoms with Crippen LogP contribution in [0, 0.1) is 0 Å². The summed E-state index contributed by atoms with van der Waals surface area (Å²) < 4.78 is 5.57. The Morgan fingerprint density at radius 3 is 2.68 bits per heavy atom. The first-order chi connectivity index (χ1) is 13.7. The monoisotopic (exact) mass is 394 g/mol. The molecule has 28 heavy (non-hydrogen) atoms. The number of nitrogens with one attached hydrogen (secondary N) is 1. The number of rotatable bonds is 6. The van der Waals surface area contributed by atoms with Crippen molar-refractivity contribution in [3.63, 3.8) is 0 Å². The van der Waals surface area contributed by atoms with Gasteiger partial charge in [0.25, 0.3) is 0 Å². The molecule has 1 N–H and O–H groups in total. The van der Waals surface area contributed by atoms with Crippen LogP contribution in [-0.4, -0.2) is 38.9 Å². The SMILES string of the molecule is CCOc1ccccc1N1C(=O)C[C@@H](Sc2n[nH]c(-c3ccccc3)n2)C1=O. The van der Waals surface area contributed by atoms with Gasteiger partial charge in [-0.15, -0.1) is 5.10 Å². The fraction of sp³-hybridized carbons (Fsp3) is 0.200. The average molecular weight is 394 g/mol. The van der Waals surface area contributed by atoms with E-state index in [1.807, 2.05) is 43.3 Å². The maximum atomic E-state index is 12.9. The molecule has 1 aliphatic rings. The summed E-state index contributed by atoms with van der Waals surface area (Å²) in [5.41, 5.74) is 1.38. The number of carbonyl (C=O) groups is 2. The molecule has 1 fully saturated rings. The molecule has 0 radical (unpaired) electrons. The summed E-state index contributed by atoms with van der Waals surface area (Å²) in [5, 5.41) is 6.93. The molecule has 0 saturated carbocycles. The van der Waals surface area contributed by atoms with Gasteiger partial charge in [-0.25, -0.2) is 9.88 Å². The number of anilines is 1. The number of hydrogen-bond acceptors (Lipinski definition) is 6. The molecule has 0 spiro atoms. The Morgan fingerprint density at radius 2 is 1.89 bits per heavy atom. The maximum absolute atomic E-state index is 12.9. The van der Waals surface area contributed by atoms with Crippen LogP contribution in [0.5, 0.6) is 5.75 Å². The normalized spacial score (nSPS) is 16.6. The van der Waals surface area contributed by atoms with Crippen molar-refractivity contribution in [3.05, 3.63) is 54.6 Å². The summed E-state index contributed by atoms with van der Waals surface area (Å²) >= 11 is 1.19. The van der Waals surface area contributed by atoms with E-state index in [0.29, 0.717) is 29.0 Å². The van der Waals surface area contributed by atoms with Crippen molar-refractivity contribution >= 4 is 29.3 Å². The average Bonchev–Trinajstić information content (AvgIpc) is 3.28. The van der Waals surface area contributed by atoms with E-state index in [-0.39, 0.29) is 18.2 Å². The fourth-order valence-corrected chi connectivity index (χ4v) is 3.95. The molecule has 0 aliphatic carbocycles. The number of nitrogens with zero attached hydrogens (tertiary/aromatic N) is 3. The van der Waals surface area contributed by atoms with Crippen molar-refractivity contribution in [1.82, 2.24) is 15.2 Å². The van der Waals surface area contributed by atoms with Gasteiger partial charge in [-0.2, -0.15) is 0 Å². The Kier molecular flexibility index (Phi) is 5.12. The molecule has 1 saturated heterocycles. The summed E-state index contributed by atoms with van der Waals surface area (Å²) in [6.45, 7) is 2.31. The number of para-hydroxylation sites is 2. The Bertz CT molecular complexity index is 1010. The first-order valence-corrected chi connectivity index (χ1v) is 9.78. The molecule has 7 nitrogen and oxygen atoms in total. The van der Waals surface area contributed by atoms with Crippen LogP contribution < -0.4 is 9.64 Å². The first kappa shape index (κ1) is 18.2. The second kappa shape index (κ2) is 7.85. The molecular weight excluding hydrogens is 376 g/mol. The lowest BCUT2D eigenvalue weighted by Gasteiger charge is -2.18. The van der Waals surface area contributed by atoms with Gasteiger partial charge < -0.3 is 4.74 Å². The third-order valence-corrected chi connectivity index (χ3v) is 5.32. The molecule has 8 heteroatoms. The highest BCUT2D eigenvalue weighted by Gasteiger charge is 2.41. The molecule has 0 bridgehead atoms. The van der Waals surface area contributed by atoms with Gasteiger partial charge in [0.1, 0.15) is 11.0 Å². The van der Waals surface area contributed by atoms with Crippen LogP contribution >= 0.6 is 11.8 Å². The Balaban J connectivity index is 1.53. The molecule has 1 aliphatic heterocycles. The lowest BCUT2D eigenvalue weighted by molar-refractivity contribution is -0.121. The van der Waals surface area contributed by atoms with Gasteiger partial charge in [-0.05, 0) is 19.1 Å². The summed E-state index contributed by atoms with van der Waals surface area (Å²) in [6, 6.07) is 16.7. The van der Waals surface area contributed by atoms with E-state index in [1.165, 1.54) is 16.7 Å². The number of aromatic amines is 1. The van der Waals surface area contributed by atoms with Gasteiger partial charge in [0.05, 0.1) is 12.3 Å². The van der Waals surface area contributed by atoms with Gasteiger partial charge in [-0.3, -0.25) is 14.7 Å². The molecule has 2 aromatic carbocycles. The number of hydrogen-bond donors (Lipinski definition) is 1. The Labute approximate surface area is 166 Å². The van der Waals surface area contributed by atoms with Crippen LogP contribution in [0.25, 0.3) is 11.4 Å². The molecule has 3 aromatic rings. The van der Waals surface area contributed by atoms with Gasteiger partial charge >= 0.3 is 0 Å². The molecule has 1 atom stereocenters. The topological polar surface area (TPSA) is 88.2 Å². The summed E-state index contributed by atoms with van der Waals surface area (Å²) in [6.07, 6.45) is 0.0964. The number of thioether (sulfide) groups is 1. The second-order valence-corrected chi connectivity index (χ2v) is 7.28. The van der Waals surface area contributed by atoms with E-state index in [9.17, 15) is 9.59 Å². The molecule has 142 valence electrons. The van der Waals surface area contributed by atoms with Gasteiger partial charge in [-0.1, -0.05) is 54.2 Å². The third-order valence-electron chi connectivity index (χ3n) is 4.27. The predicted molar refractivity (Wildman–Crippen MR) is 106 cm³/mol. The van der Waals surface area contributed by atoms with E-state index in [1.54, 1.807) is 18.2 Å². The van der Waals surface area contributed by atoms with Crippen molar-refractivity contribution in [2.24, 2.45) is 0 Å². The number of carbonyl (C=O) groups excluding carboxylic acids is 2. The minimum absolute atomic E-state index is 0.0964. The number of imide groups is 1. The lowest BCUT2D eigenvalue weighted by atomic mass is 10.2. The minimum atomic E-state index is -0.568. The van der Waals surface area contributed by atoms with Gasteiger partial charge in [0, 0.05) is 12.0 Å². The molecule has 4 rings (SSSR count). The van der Waals surface area contributed by atoms with Gasteiger partial charge in [0.15, 0.2) is 5.82 Å². The minimum Gasteiger partial charge on any atom is -0.492 e. The molecular formula is C20H18N4O3S. The lowest BCUT2D eigenvalue weighted by Crippen LogP contribution is -2.31. The number of H-pyrrole nitrogens is 1. The maximum Gasteiger partial charge on any atom is 0.248 e. The highest BCUT2D eigenvalue weighted by atomic mass is 32.2. The zero-order valence-electron chi connectivity index (χ0n) is 15.2. The van der Waals surface area contributed by atoms with Crippen LogP contribution in [0.2, 0.25) is 0 Å². The van der Waals surface area contributed by atoms with Crippen LogP contribution in [0.3, 0.4) is 0 Å². The highest BCUT2D eigenvalue weighted by Crippen LogP contribution is 2.37. The zero-order valence-corrected chi connectivity index (χ0v) is 16.0. The standard InChI is InChI=1S/C20H18N4O3S/c1-2-27-15-11-7-6-10-14(15)24-17(25)12-16(19(24)26)28-20-21-18(22-23-20)13-8-4-3-5-9-13/h3-11,16H,2,12H2,1H3,(H,21,22,23)/t16-/m1/s1. The van der Waals surface area contributed by atoms with E-state index in [0.717, 1.165) is 5.56 Å². The quantitative estimate of drug-likeness (QED) is 0.646. The van der Waals surface area contributed by atoms with Crippen molar-refractivity contribution in [1.29, 1.82) is 0 Å². The van der Waals surface area contributed by atoms with Crippen molar-refractivity contribution < 1.29 is 14.3 Å². The third kappa shape index (κ3) is 3.50. The Morgan fingerprint density at radius 1 is 1.14 bits per heavy atom. The van der Waals surface area contributed by atoms with E-state index in [2.05, 4.69) is 15.2 Å².